The first-order chi connectivity index (χ1) is 4.27. The number of rotatable bonds is 5. The van der Waals surface area contributed by atoms with Gasteiger partial charge in [-0.3, -0.25) is 4.21 Å². The van der Waals surface area contributed by atoms with E-state index in [1.54, 1.807) is 0 Å². The number of unbranched alkanes of at least 4 members (excludes halogenated alkanes) is 2. The Balaban J connectivity index is 2.83. The van der Waals surface area contributed by atoms with Gasteiger partial charge in [-0.1, -0.05) is 19.8 Å². The minimum Gasteiger partial charge on any atom is -0.769 e. The van der Waals surface area contributed by atoms with Crippen LogP contribution in [0.15, 0.2) is 0 Å². The Kier molecular flexibility index (Phi) is 7.06. The SMILES string of the molecule is CCCCCPS(=O)[O-]. The molecule has 0 amide bonds. The zero-order valence-corrected chi connectivity index (χ0v) is 7.37. The molecule has 0 aromatic carbocycles. The predicted octanol–water partition coefficient (Wildman–Crippen LogP) is 1.65. The molecule has 4 heteroatoms. The van der Waals surface area contributed by atoms with Crippen LogP contribution in [0.4, 0.5) is 0 Å². The van der Waals surface area contributed by atoms with E-state index < -0.39 is 10.7 Å². The van der Waals surface area contributed by atoms with Crippen LogP contribution in [0.1, 0.15) is 26.2 Å². The zero-order valence-electron chi connectivity index (χ0n) is 5.55. The molecule has 56 valence electrons. The largest absolute Gasteiger partial charge is 0.769 e. The van der Waals surface area contributed by atoms with Crippen LogP contribution < -0.4 is 0 Å². The third kappa shape index (κ3) is 8.54. The summed E-state index contributed by atoms with van der Waals surface area (Å²) in [4.78, 5) is 0. The summed E-state index contributed by atoms with van der Waals surface area (Å²) in [6.07, 6.45) is 4.23. The van der Waals surface area contributed by atoms with Crippen molar-refractivity contribution in [3.8, 4) is 0 Å². The molecule has 2 nitrogen and oxygen atoms in total. The van der Waals surface area contributed by atoms with E-state index in [-0.39, 0.29) is 7.78 Å². The average molecular weight is 167 g/mol. The van der Waals surface area contributed by atoms with E-state index >= 15 is 0 Å². The first kappa shape index (κ1) is 9.54. The van der Waals surface area contributed by atoms with E-state index in [0.717, 1.165) is 25.4 Å². The van der Waals surface area contributed by atoms with Crippen molar-refractivity contribution >= 4 is 18.5 Å². The monoisotopic (exact) mass is 167 g/mol. The Morgan fingerprint density at radius 3 is 2.67 bits per heavy atom. The maximum Gasteiger partial charge on any atom is -0.0247 e. The van der Waals surface area contributed by atoms with Gasteiger partial charge in [0.1, 0.15) is 0 Å². The Morgan fingerprint density at radius 2 is 2.22 bits per heavy atom. The van der Waals surface area contributed by atoms with Crippen LogP contribution in [0.2, 0.25) is 0 Å². The van der Waals surface area contributed by atoms with Crippen molar-refractivity contribution in [2.24, 2.45) is 0 Å². The third-order valence-electron chi connectivity index (χ3n) is 1.00. The molecule has 0 rings (SSSR count). The second-order valence-electron chi connectivity index (χ2n) is 1.84. The molecule has 2 unspecified atom stereocenters. The van der Waals surface area contributed by atoms with Gasteiger partial charge in [-0.2, -0.15) is 0 Å². The van der Waals surface area contributed by atoms with Gasteiger partial charge in [0.05, 0.1) is 0 Å². The molecule has 0 aromatic rings. The van der Waals surface area contributed by atoms with Crippen molar-refractivity contribution in [1.29, 1.82) is 0 Å². The lowest BCUT2D eigenvalue weighted by molar-refractivity contribution is 0.552. The van der Waals surface area contributed by atoms with Gasteiger partial charge in [-0.15, -0.1) is 0 Å². The molecule has 0 spiro atoms. The highest BCUT2D eigenvalue weighted by atomic mass is 32.7. The van der Waals surface area contributed by atoms with Gasteiger partial charge in [-0.25, -0.2) is 0 Å². The summed E-state index contributed by atoms with van der Waals surface area (Å²) in [5.41, 5.74) is 0. The summed E-state index contributed by atoms with van der Waals surface area (Å²) in [6.45, 7) is 2.11. The Hall–Kier alpha value is 0.540. The van der Waals surface area contributed by atoms with E-state index in [4.69, 9.17) is 0 Å². The lowest BCUT2D eigenvalue weighted by Crippen LogP contribution is -1.80. The topological polar surface area (TPSA) is 40.1 Å². The second-order valence-corrected chi connectivity index (χ2v) is 4.96. The molecule has 0 fully saturated rings. The van der Waals surface area contributed by atoms with E-state index in [9.17, 15) is 8.76 Å². The van der Waals surface area contributed by atoms with Gasteiger partial charge >= 0.3 is 0 Å². The normalized spacial score (nSPS) is 14.9. The zero-order chi connectivity index (χ0) is 7.11. The van der Waals surface area contributed by atoms with Gasteiger partial charge in [-0.05, 0) is 31.1 Å². The number of hydrogen-bond acceptors (Lipinski definition) is 2. The highest BCUT2D eigenvalue weighted by Gasteiger charge is 1.85. The molecular formula is C5H12O2PS-. The number of hydrogen-bond donors (Lipinski definition) is 0. The maximum absolute atomic E-state index is 9.97. The summed E-state index contributed by atoms with van der Waals surface area (Å²) in [5, 5.41) is 0. The molecule has 0 aliphatic heterocycles. The van der Waals surface area contributed by atoms with Gasteiger partial charge < -0.3 is 4.55 Å². The molecule has 0 aromatic heterocycles. The fourth-order valence-corrected chi connectivity index (χ4v) is 2.02. The summed E-state index contributed by atoms with van der Waals surface area (Å²) in [6, 6.07) is 0. The lowest BCUT2D eigenvalue weighted by atomic mass is 10.3. The molecule has 0 bridgehead atoms. The van der Waals surface area contributed by atoms with Crippen LogP contribution in [-0.4, -0.2) is 14.9 Å². The maximum atomic E-state index is 9.97. The smallest absolute Gasteiger partial charge is 0.0247 e. The van der Waals surface area contributed by atoms with E-state index in [2.05, 4.69) is 6.92 Å². The Morgan fingerprint density at radius 1 is 1.56 bits per heavy atom. The molecule has 2 atom stereocenters. The molecule has 0 radical (unpaired) electrons. The van der Waals surface area contributed by atoms with E-state index in [1.165, 1.54) is 0 Å². The van der Waals surface area contributed by atoms with Crippen molar-refractivity contribution in [2.45, 2.75) is 26.2 Å². The highest BCUT2D eigenvalue weighted by Crippen LogP contribution is 2.15. The quantitative estimate of drug-likeness (QED) is 0.355. The molecule has 0 saturated heterocycles. The van der Waals surface area contributed by atoms with Crippen LogP contribution in [-0.2, 0) is 10.7 Å². The molecule has 0 saturated carbocycles. The fourth-order valence-electron chi connectivity index (χ4n) is 0.531. The standard InChI is InChI=1S/C5H13O2PS/c1-2-3-4-5-8-9(6)7/h8H,2-5H2,1H3,(H,6,7)/p-1. The molecule has 0 aliphatic carbocycles. The minimum absolute atomic E-state index is 0.115. The predicted molar refractivity (Wildman–Crippen MR) is 41.6 cm³/mol. The second kappa shape index (κ2) is 6.66. The molecule has 0 N–H and O–H groups in total. The van der Waals surface area contributed by atoms with Crippen LogP contribution in [0.25, 0.3) is 0 Å². The highest BCUT2D eigenvalue weighted by molar-refractivity contribution is 8.36. The molecule has 0 heterocycles. The minimum atomic E-state index is -1.79. The summed E-state index contributed by atoms with van der Waals surface area (Å²) < 4.78 is 19.9. The van der Waals surface area contributed by atoms with Crippen LogP contribution >= 0.6 is 7.78 Å². The molecule has 9 heavy (non-hydrogen) atoms. The molecular weight excluding hydrogens is 155 g/mol. The summed E-state index contributed by atoms with van der Waals surface area (Å²) >= 11 is 0. The van der Waals surface area contributed by atoms with Crippen molar-refractivity contribution in [3.05, 3.63) is 0 Å². The summed E-state index contributed by atoms with van der Waals surface area (Å²) in [7, 11) is -1.68. The van der Waals surface area contributed by atoms with Gasteiger partial charge in [0.25, 0.3) is 0 Å². The fraction of sp³-hybridized carbons (Fsp3) is 1.00. The van der Waals surface area contributed by atoms with E-state index in [1.807, 2.05) is 0 Å². The van der Waals surface area contributed by atoms with Crippen molar-refractivity contribution in [2.75, 3.05) is 6.16 Å². The first-order valence-electron chi connectivity index (χ1n) is 3.10. The van der Waals surface area contributed by atoms with Crippen molar-refractivity contribution in [1.82, 2.24) is 0 Å². The summed E-state index contributed by atoms with van der Waals surface area (Å²) in [5.74, 6) is 0. The Labute approximate surface area is 60.2 Å². The lowest BCUT2D eigenvalue weighted by Gasteiger charge is -2.02. The van der Waals surface area contributed by atoms with E-state index in [0.29, 0.717) is 0 Å². The van der Waals surface area contributed by atoms with Gasteiger partial charge in [0, 0.05) is 0 Å². The van der Waals surface area contributed by atoms with Crippen LogP contribution in [0, 0.1) is 0 Å². The van der Waals surface area contributed by atoms with Gasteiger partial charge in [0.2, 0.25) is 0 Å². The third-order valence-corrected chi connectivity index (χ3v) is 3.11. The van der Waals surface area contributed by atoms with Crippen LogP contribution in [0.5, 0.6) is 0 Å². The van der Waals surface area contributed by atoms with Crippen LogP contribution in [0.3, 0.4) is 0 Å². The van der Waals surface area contributed by atoms with Crippen molar-refractivity contribution < 1.29 is 8.76 Å². The Bertz CT molecular complexity index is 87.0. The van der Waals surface area contributed by atoms with Gasteiger partial charge in [0.15, 0.2) is 0 Å². The van der Waals surface area contributed by atoms with Crippen molar-refractivity contribution in [3.63, 3.8) is 0 Å². The molecule has 0 aliphatic rings. The average Bonchev–Trinajstić information content (AvgIpc) is 1.80. The first-order valence-corrected chi connectivity index (χ1v) is 6.10.